The van der Waals surface area contributed by atoms with Crippen LogP contribution in [-0.4, -0.2) is 38.1 Å². The van der Waals surface area contributed by atoms with E-state index in [-0.39, 0.29) is 46.2 Å². The second-order valence-electron chi connectivity index (χ2n) is 10.5. The van der Waals surface area contributed by atoms with Crippen LogP contribution in [0.1, 0.15) is 30.9 Å². The Morgan fingerprint density at radius 1 is 1.12 bits per heavy atom. The number of phenols is 1. The fourth-order valence-corrected chi connectivity index (χ4v) is 5.71. The SMILES string of the molecule is C=CC(=O)N1CC(Cn2c(=O)c(=O)n(-c3c(C)cccc3C(C)C)c3cc(-c4c(O)cccc4F)c(Cl)cc32)C1. The third kappa shape index (κ3) is 4.52. The summed E-state index contributed by atoms with van der Waals surface area (Å²) in [6.45, 7) is 10.4. The Kier molecular flexibility index (Phi) is 7.14. The lowest BCUT2D eigenvalue weighted by molar-refractivity contribution is -0.132. The quantitative estimate of drug-likeness (QED) is 0.252. The number of para-hydroxylation sites is 1. The fourth-order valence-electron chi connectivity index (χ4n) is 5.46. The van der Waals surface area contributed by atoms with Gasteiger partial charge in [-0.1, -0.05) is 56.3 Å². The van der Waals surface area contributed by atoms with Crippen molar-refractivity contribution >= 4 is 28.5 Å². The number of aromatic hydroxyl groups is 1. The van der Waals surface area contributed by atoms with Crippen LogP contribution in [0.15, 0.2) is 70.8 Å². The molecule has 1 saturated heterocycles. The molecular weight excluding hydrogens is 533 g/mol. The monoisotopic (exact) mass is 561 g/mol. The maximum Gasteiger partial charge on any atom is 0.321 e. The summed E-state index contributed by atoms with van der Waals surface area (Å²) < 4.78 is 17.7. The number of hydrogen-bond donors (Lipinski definition) is 1. The number of aromatic nitrogens is 2. The Hall–Kier alpha value is -4.17. The maximum atomic E-state index is 15.0. The van der Waals surface area contributed by atoms with Crippen LogP contribution < -0.4 is 11.1 Å². The summed E-state index contributed by atoms with van der Waals surface area (Å²) in [6.07, 6.45) is 1.24. The summed E-state index contributed by atoms with van der Waals surface area (Å²) in [5.74, 6) is -1.20. The topological polar surface area (TPSA) is 84.5 Å². The standard InChI is InChI=1S/C31H29ClFN3O4/c1-5-27(38)34-14-19(15-34)16-35-24-13-22(32)21(28-23(33)10-7-11-26(28)37)12-25(24)36(31(40)30(35)39)29-18(4)8-6-9-20(29)17(2)3/h5-13,17,19,37H,1,14-16H2,2-4H3. The van der Waals surface area contributed by atoms with Crippen LogP contribution in [0.4, 0.5) is 4.39 Å². The highest BCUT2D eigenvalue weighted by Crippen LogP contribution is 2.39. The van der Waals surface area contributed by atoms with Crippen LogP contribution >= 0.6 is 11.6 Å². The number of phenolic OH excluding ortho intramolecular Hbond substituents is 1. The number of fused-ring (bicyclic) bond motifs is 1. The zero-order chi connectivity index (χ0) is 28.9. The van der Waals surface area contributed by atoms with Crippen molar-refractivity contribution in [3.05, 3.63) is 104 Å². The van der Waals surface area contributed by atoms with Crippen LogP contribution in [-0.2, 0) is 11.3 Å². The summed E-state index contributed by atoms with van der Waals surface area (Å²) in [6, 6.07) is 12.7. The molecule has 40 heavy (non-hydrogen) atoms. The molecule has 0 aliphatic carbocycles. The molecule has 0 saturated carbocycles. The summed E-state index contributed by atoms with van der Waals surface area (Å²) in [4.78, 5) is 41.1. The largest absolute Gasteiger partial charge is 0.507 e. The predicted octanol–water partition coefficient (Wildman–Crippen LogP) is 5.39. The van der Waals surface area contributed by atoms with E-state index >= 15 is 0 Å². The Morgan fingerprint density at radius 2 is 1.82 bits per heavy atom. The second kappa shape index (κ2) is 10.4. The highest BCUT2D eigenvalue weighted by Gasteiger charge is 2.31. The van der Waals surface area contributed by atoms with Crippen molar-refractivity contribution in [3.63, 3.8) is 0 Å². The first-order valence-corrected chi connectivity index (χ1v) is 13.4. The van der Waals surface area contributed by atoms with Crippen LogP contribution in [0, 0.1) is 18.7 Å². The summed E-state index contributed by atoms with van der Waals surface area (Å²) in [5.41, 5.74) is 1.57. The minimum absolute atomic E-state index is 0.0324. The zero-order valence-corrected chi connectivity index (χ0v) is 23.2. The van der Waals surface area contributed by atoms with Gasteiger partial charge < -0.3 is 14.6 Å². The van der Waals surface area contributed by atoms with Gasteiger partial charge in [0.1, 0.15) is 11.6 Å². The first-order chi connectivity index (χ1) is 19.0. The van der Waals surface area contributed by atoms with Crippen LogP contribution in [0.5, 0.6) is 5.75 Å². The number of carbonyl (C=O) groups is 1. The molecule has 0 radical (unpaired) electrons. The van der Waals surface area contributed by atoms with Crippen LogP contribution in [0.3, 0.4) is 0 Å². The molecule has 4 aromatic rings. The molecule has 206 valence electrons. The highest BCUT2D eigenvalue weighted by atomic mass is 35.5. The normalized spacial score (nSPS) is 13.6. The number of aryl methyl sites for hydroxylation is 1. The molecule has 1 amide bonds. The average molecular weight is 562 g/mol. The van der Waals surface area contributed by atoms with Gasteiger partial charge in [-0.3, -0.25) is 19.0 Å². The first kappa shape index (κ1) is 27.4. The van der Waals surface area contributed by atoms with E-state index in [4.69, 9.17) is 11.6 Å². The number of amides is 1. The van der Waals surface area contributed by atoms with Crippen molar-refractivity contribution in [1.29, 1.82) is 0 Å². The minimum Gasteiger partial charge on any atom is -0.507 e. The highest BCUT2D eigenvalue weighted by molar-refractivity contribution is 6.34. The molecule has 1 N–H and O–H groups in total. The van der Waals surface area contributed by atoms with E-state index in [1.165, 1.54) is 39.5 Å². The van der Waals surface area contributed by atoms with E-state index in [0.29, 0.717) is 29.8 Å². The lowest BCUT2D eigenvalue weighted by Gasteiger charge is -2.39. The predicted molar refractivity (Wildman–Crippen MR) is 155 cm³/mol. The van der Waals surface area contributed by atoms with Gasteiger partial charge in [0.2, 0.25) is 5.91 Å². The lowest BCUT2D eigenvalue weighted by Crippen LogP contribution is -2.52. The van der Waals surface area contributed by atoms with E-state index in [1.807, 2.05) is 39.0 Å². The zero-order valence-electron chi connectivity index (χ0n) is 22.4. The second-order valence-corrected chi connectivity index (χ2v) is 10.9. The van der Waals surface area contributed by atoms with Gasteiger partial charge in [-0.15, -0.1) is 0 Å². The van der Waals surface area contributed by atoms with E-state index in [1.54, 1.807) is 11.0 Å². The van der Waals surface area contributed by atoms with Crippen molar-refractivity contribution < 1.29 is 14.3 Å². The Labute approximate surface area is 235 Å². The number of likely N-dealkylation sites (tertiary alicyclic amines) is 1. The molecule has 7 nitrogen and oxygen atoms in total. The van der Waals surface area contributed by atoms with Gasteiger partial charge in [-0.05, 0) is 54.3 Å². The molecule has 0 spiro atoms. The number of benzene rings is 3. The van der Waals surface area contributed by atoms with Crippen molar-refractivity contribution in [3.8, 4) is 22.6 Å². The number of halogens is 2. The van der Waals surface area contributed by atoms with Crippen LogP contribution in [0.2, 0.25) is 5.02 Å². The van der Waals surface area contributed by atoms with Gasteiger partial charge in [0.25, 0.3) is 0 Å². The van der Waals surface area contributed by atoms with Crippen molar-refractivity contribution in [2.75, 3.05) is 13.1 Å². The van der Waals surface area contributed by atoms with E-state index in [2.05, 4.69) is 6.58 Å². The van der Waals surface area contributed by atoms with E-state index in [9.17, 15) is 23.9 Å². The maximum absolute atomic E-state index is 15.0. The van der Waals surface area contributed by atoms with Gasteiger partial charge in [0, 0.05) is 31.1 Å². The summed E-state index contributed by atoms with van der Waals surface area (Å²) in [7, 11) is 0. The Morgan fingerprint density at radius 3 is 2.48 bits per heavy atom. The number of nitrogens with zero attached hydrogens (tertiary/aromatic N) is 3. The molecule has 0 unspecified atom stereocenters. The third-order valence-corrected chi connectivity index (χ3v) is 7.80. The van der Waals surface area contributed by atoms with E-state index < -0.39 is 16.9 Å². The van der Waals surface area contributed by atoms with Gasteiger partial charge in [-0.25, -0.2) is 4.39 Å². The Balaban J connectivity index is 1.83. The molecule has 2 heterocycles. The third-order valence-electron chi connectivity index (χ3n) is 7.49. The Bertz CT molecular complexity index is 1780. The van der Waals surface area contributed by atoms with Gasteiger partial charge in [0.15, 0.2) is 0 Å². The van der Waals surface area contributed by atoms with Gasteiger partial charge in [0.05, 0.1) is 27.3 Å². The van der Waals surface area contributed by atoms with Gasteiger partial charge in [-0.2, -0.15) is 0 Å². The average Bonchev–Trinajstić information content (AvgIpc) is 2.88. The molecule has 0 atom stereocenters. The molecule has 1 aliphatic heterocycles. The summed E-state index contributed by atoms with van der Waals surface area (Å²) in [5, 5.41) is 10.6. The summed E-state index contributed by atoms with van der Waals surface area (Å²) >= 11 is 6.68. The minimum atomic E-state index is -0.756. The van der Waals surface area contributed by atoms with Crippen molar-refractivity contribution in [1.82, 2.24) is 14.0 Å². The molecule has 5 rings (SSSR count). The molecule has 3 aromatic carbocycles. The number of hydrogen-bond acceptors (Lipinski definition) is 4. The molecule has 0 bridgehead atoms. The first-order valence-electron chi connectivity index (χ1n) is 13.0. The number of carbonyl (C=O) groups excluding carboxylic acids is 1. The van der Waals surface area contributed by atoms with Crippen LogP contribution in [0.25, 0.3) is 27.8 Å². The molecule has 1 aliphatic rings. The van der Waals surface area contributed by atoms with Crippen molar-refractivity contribution in [2.45, 2.75) is 33.2 Å². The van der Waals surface area contributed by atoms with Crippen molar-refractivity contribution in [2.24, 2.45) is 5.92 Å². The van der Waals surface area contributed by atoms with E-state index in [0.717, 1.165) is 11.1 Å². The fraction of sp³-hybridized carbons (Fsp3) is 0.258. The smallest absolute Gasteiger partial charge is 0.321 e. The molecule has 9 heteroatoms. The molecular formula is C31H29ClFN3O4. The molecule has 1 fully saturated rings. The number of rotatable bonds is 6. The lowest BCUT2D eigenvalue weighted by atomic mass is 9.97. The molecule has 1 aromatic heterocycles. The van der Waals surface area contributed by atoms with Gasteiger partial charge >= 0.3 is 11.1 Å².